The highest BCUT2D eigenvalue weighted by Gasteiger charge is 2.13. The molecule has 0 fully saturated rings. The molecule has 2 aromatic rings. The van der Waals surface area contributed by atoms with Crippen LogP contribution >= 0.6 is 0 Å². The number of halogens is 1. The molecule has 19 heavy (non-hydrogen) atoms. The molecule has 0 aliphatic rings. The summed E-state index contributed by atoms with van der Waals surface area (Å²) < 4.78 is 18.4. The van der Waals surface area contributed by atoms with E-state index in [9.17, 15) is 9.18 Å². The summed E-state index contributed by atoms with van der Waals surface area (Å²) in [5.41, 5.74) is 1.13. The summed E-state index contributed by atoms with van der Waals surface area (Å²) in [6.45, 7) is 0. The summed E-state index contributed by atoms with van der Waals surface area (Å²) in [6, 6.07) is 13.7. The molecule has 0 atom stereocenters. The molecule has 0 radical (unpaired) electrons. The summed E-state index contributed by atoms with van der Waals surface area (Å²) in [7, 11) is 1.34. The van der Waals surface area contributed by atoms with Gasteiger partial charge in [0.2, 0.25) is 0 Å². The molecule has 0 aromatic heterocycles. The Labute approximate surface area is 111 Å². The minimum atomic E-state index is -0.540. The van der Waals surface area contributed by atoms with Crippen molar-refractivity contribution in [3.63, 3.8) is 0 Å². The van der Waals surface area contributed by atoms with Gasteiger partial charge in [-0.3, -0.25) is 4.79 Å². The van der Waals surface area contributed by atoms with Gasteiger partial charge in [0, 0.05) is 0 Å². The van der Waals surface area contributed by atoms with E-state index in [1.54, 1.807) is 12.1 Å². The Balaban J connectivity index is 2.26. The van der Waals surface area contributed by atoms with Gasteiger partial charge >= 0.3 is 0 Å². The Morgan fingerprint density at radius 2 is 1.84 bits per heavy atom. The van der Waals surface area contributed by atoms with Gasteiger partial charge in [-0.1, -0.05) is 42.5 Å². The number of allylic oxidation sites excluding steroid dienone is 1. The lowest BCUT2D eigenvalue weighted by Crippen LogP contribution is -2.00. The maximum atomic E-state index is 13.5. The summed E-state index contributed by atoms with van der Waals surface area (Å²) in [5.74, 6) is -0.855. The van der Waals surface area contributed by atoms with Gasteiger partial charge in [0.1, 0.15) is 0 Å². The predicted molar refractivity (Wildman–Crippen MR) is 72.8 cm³/mol. The van der Waals surface area contributed by atoms with Crippen molar-refractivity contribution in [2.45, 2.75) is 0 Å². The second kappa shape index (κ2) is 5.96. The first-order chi connectivity index (χ1) is 9.22. The van der Waals surface area contributed by atoms with Gasteiger partial charge in [0.15, 0.2) is 17.3 Å². The Hall–Kier alpha value is -2.42. The summed E-state index contributed by atoms with van der Waals surface area (Å²) in [5, 5.41) is 0. The largest absolute Gasteiger partial charge is 0.493 e. The van der Waals surface area contributed by atoms with Crippen LogP contribution in [0.2, 0.25) is 0 Å². The van der Waals surface area contributed by atoms with Crippen molar-refractivity contribution < 1.29 is 13.9 Å². The summed E-state index contributed by atoms with van der Waals surface area (Å²) in [6.07, 6.45) is 3.10. The van der Waals surface area contributed by atoms with E-state index >= 15 is 0 Å². The lowest BCUT2D eigenvalue weighted by Gasteiger charge is -2.06. The number of hydrogen-bond donors (Lipinski definition) is 0. The molecule has 2 aromatic carbocycles. The minimum absolute atomic E-state index is 0.0230. The van der Waals surface area contributed by atoms with E-state index in [2.05, 4.69) is 0 Å². The first-order valence-corrected chi connectivity index (χ1v) is 5.82. The molecular weight excluding hydrogens is 243 g/mol. The zero-order chi connectivity index (χ0) is 13.7. The predicted octanol–water partition coefficient (Wildman–Crippen LogP) is 3.73. The molecule has 0 saturated carbocycles. The molecule has 0 spiro atoms. The van der Waals surface area contributed by atoms with Crippen molar-refractivity contribution >= 4 is 11.9 Å². The first-order valence-electron chi connectivity index (χ1n) is 5.82. The van der Waals surface area contributed by atoms with E-state index in [1.165, 1.54) is 25.3 Å². The van der Waals surface area contributed by atoms with Crippen molar-refractivity contribution in [3.8, 4) is 5.75 Å². The van der Waals surface area contributed by atoms with E-state index in [-0.39, 0.29) is 17.1 Å². The van der Waals surface area contributed by atoms with Crippen LogP contribution in [0.1, 0.15) is 15.9 Å². The van der Waals surface area contributed by atoms with E-state index < -0.39 is 5.82 Å². The van der Waals surface area contributed by atoms with E-state index in [4.69, 9.17) is 4.74 Å². The first kappa shape index (κ1) is 13.0. The van der Waals surface area contributed by atoms with Crippen molar-refractivity contribution in [1.29, 1.82) is 0 Å². The average Bonchev–Trinajstić information content (AvgIpc) is 2.45. The van der Waals surface area contributed by atoms with Crippen molar-refractivity contribution in [2.24, 2.45) is 0 Å². The van der Waals surface area contributed by atoms with Crippen LogP contribution in [0.25, 0.3) is 6.08 Å². The average molecular weight is 256 g/mol. The smallest absolute Gasteiger partial charge is 0.189 e. The Morgan fingerprint density at radius 1 is 1.11 bits per heavy atom. The molecule has 2 nitrogen and oxygen atoms in total. The molecule has 0 aliphatic carbocycles. The molecular formula is C16H13FO2. The normalized spacial score (nSPS) is 10.6. The number of carbonyl (C=O) groups excluding carboxylic acids is 1. The number of rotatable bonds is 4. The number of ether oxygens (including phenoxy) is 1. The van der Waals surface area contributed by atoms with Crippen LogP contribution in [0, 0.1) is 5.82 Å². The van der Waals surface area contributed by atoms with Gasteiger partial charge in [-0.25, -0.2) is 4.39 Å². The van der Waals surface area contributed by atoms with Crippen LogP contribution in [0.4, 0.5) is 4.39 Å². The number of carbonyl (C=O) groups is 1. The van der Waals surface area contributed by atoms with Crippen molar-refractivity contribution in [2.75, 3.05) is 7.11 Å². The number of ketones is 1. The number of methoxy groups -OCH3 is 1. The fourth-order valence-electron chi connectivity index (χ4n) is 1.74. The Kier molecular flexibility index (Phi) is 4.08. The molecule has 3 heteroatoms. The van der Waals surface area contributed by atoms with Crippen LogP contribution < -0.4 is 4.74 Å². The van der Waals surface area contributed by atoms with Crippen LogP contribution in [0.15, 0.2) is 54.6 Å². The zero-order valence-electron chi connectivity index (χ0n) is 10.5. The number of para-hydroxylation sites is 1. The molecule has 96 valence electrons. The maximum absolute atomic E-state index is 13.5. The Bertz CT molecular complexity index is 603. The second-order valence-electron chi connectivity index (χ2n) is 3.93. The fraction of sp³-hybridized carbons (Fsp3) is 0.0625. The van der Waals surface area contributed by atoms with Gasteiger partial charge < -0.3 is 4.74 Å². The van der Waals surface area contributed by atoms with Crippen molar-refractivity contribution in [1.82, 2.24) is 0 Å². The van der Waals surface area contributed by atoms with Gasteiger partial charge in [0.05, 0.1) is 12.7 Å². The molecule has 0 bridgehead atoms. The fourth-order valence-corrected chi connectivity index (χ4v) is 1.74. The third-order valence-corrected chi connectivity index (χ3v) is 2.66. The third kappa shape index (κ3) is 3.07. The topological polar surface area (TPSA) is 26.3 Å². The molecule has 2 rings (SSSR count). The number of hydrogen-bond acceptors (Lipinski definition) is 2. The number of benzene rings is 2. The molecule has 0 amide bonds. The van der Waals surface area contributed by atoms with Crippen molar-refractivity contribution in [3.05, 3.63) is 71.6 Å². The molecule has 0 heterocycles. The van der Waals surface area contributed by atoms with E-state index in [0.29, 0.717) is 0 Å². The molecule has 0 unspecified atom stereocenters. The monoisotopic (exact) mass is 256 g/mol. The highest BCUT2D eigenvalue weighted by Crippen LogP contribution is 2.23. The molecule has 0 saturated heterocycles. The van der Waals surface area contributed by atoms with Crippen LogP contribution in [-0.4, -0.2) is 12.9 Å². The van der Waals surface area contributed by atoms with Crippen LogP contribution in [0.3, 0.4) is 0 Å². The third-order valence-electron chi connectivity index (χ3n) is 2.66. The van der Waals surface area contributed by atoms with E-state index in [1.807, 2.05) is 30.3 Å². The quantitative estimate of drug-likeness (QED) is 0.615. The second-order valence-corrected chi connectivity index (χ2v) is 3.93. The van der Waals surface area contributed by atoms with Gasteiger partial charge in [-0.15, -0.1) is 0 Å². The van der Waals surface area contributed by atoms with E-state index in [0.717, 1.165) is 5.56 Å². The molecule has 0 aliphatic heterocycles. The highest BCUT2D eigenvalue weighted by molar-refractivity contribution is 6.08. The van der Waals surface area contributed by atoms with Gasteiger partial charge in [-0.2, -0.15) is 0 Å². The SMILES string of the molecule is COc1c(F)cccc1C(=O)/C=C/c1ccccc1. The minimum Gasteiger partial charge on any atom is -0.493 e. The summed E-state index contributed by atoms with van der Waals surface area (Å²) >= 11 is 0. The Morgan fingerprint density at radius 3 is 2.53 bits per heavy atom. The lowest BCUT2D eigenvalue weighted by atomic mass is 10.1. The van der Waals surface area contributed by atoms with Gasteiger partial charge in [-0.05, 0) is 23.8 Å². The standard InChI is InChI=1S/C16H13FO2/c1-19-16-13(8-5-9-14(16)17)15(18)11-10-12-6-3-2-4-7-12/h2-11H,1H3/b11-10+. The van der Waals surface area contributed by atoms with Crippen LogP contribution in [0.5, 0.6) is 5.75 Å². The maximum Gasteiger partial charge on any atom is 0.189 e. The van der Waals surface area contributed by atoms with Gasteiger partial charge in [0.25, 0.3) is 0 Å². The summed E-state index contributed by atoms with van der Waals surface area (Å²) in [4.78, 5) is 12.0. The zero-order valence-corrected chi connectivity index (χ0v) is 10.5. The molecule has 0 N–H and O–H groups in total. The highest BCUT2D eigenvalue weighted by atomic mass is 19.1. The van der Waals surface area contributed by atoms with Crippen LogP contribution in [-0.2, 0) is 0 Å². The lowest BCUT2D eigenvalue weighted by molar-refractivity contribution is 0.104.